The molecule has 212 valence electrons. The van der Waals surface area contributed by atoms with Crippen molar-refractivity contribution in [3.05, 3.63) is 83.4 Å². The van der Waals surface area contributed by atoms with Gasteiger partial charge in [-0.05, 0) is 49.2 Å². The second-order valence-corrected chi connectivity index (χ2v) is 11.4. The van der Waals surface area contributed by atoms with Gasteiger partial charge in [0.05, 0.1) is 10.6 Å². The number of ether oxygens (including phenoxy) is 2. The van der Waals surface area contributed by atoms with Crippen LogP contribution in [0.2, 0.25) is 5.02 Å². The number of sulfonamides is 1. The van der Waals surface area contributed by atoms with Gasteiger partial charge in [-0.2, -0.15) is 0 Å². The molecular weight excluding hydrogens is 554 g/mol. The predicted octanol–water partition coefficient (Wildman–Crippen LogP) is 4.25. The number of nitrogens with one attached hydrogen (secondary N) is 1. The Balaban J connectivity index is 1.76. The summed E-state index contributed by atoms with van der Waals surface area (Å²) in [5.74, 6) is -0.0261. The number of hydrogen-bond acceptors (Lipinski definition) is 6. The second-order valence-electron chi connectivity index (χ2n) is 9.08. The van der Waals surface area contributed by atoms with Crippen LogP contribution in [0.5, 0.6) is 11.5 Å². The molecule has 1 aliphatic heterocycles. The smallest absolute Gasteiger partial charge is 0.264 e. The number of amides is 2. The lowest BCUT2D eigenvalue weighted by molar-refractivity contribution is -0.140. The number of rotatable bonds is 11. The molecule has 1 atom stereocenters. The van der Waals surface area contributed by atoms with Crippen LogP contribution in [0.25, 0.3) is 0 Å². The molecule has 0 unspecified atom stereocenters. The lowest BCUT2D eigenvalue weighted by atomic mass is 10.1. The zero-order chi connectivity index (χ0) is 28.7. The van der Waals surface area contributed by atoms with Gasteiger partial charge < -0.3 is 19.7 Å². The van der Waals surface area contributed by atoms with Crippen molar-refractivity contribution in [2.45, 2.75) is 37.8 Å². The van der Waals surface area contributed by atoms with Crippen LogP contribution >= 0.6 is 11.6 Å². The van der Waals surface area contributed by atoms with Crippen molar-refractivity contribution in [1.82, 2.24) is 10.2 Å². The van der Waals surface area contributed by atoms with Gasteiger partial charge in [-0.3, -0.25) is 13.9 Å². The topological polar surface area (TPSA) is 105 Å². The minimum Gasteiger partial charge on any atom is -0.486 e. The summed E-state index contributed by atoms with van der Waals surface area (Å²) in [5.41, 5.74) is 0.863. The summed E-state index contributed by atoms with van der Waals surface area (Å²) in [6.07, 6.45) is 0.317. The van der Waals surface area contributed by atoms with Crippen molar-refractivity contribution in [2.75, 3.05) is 30.6 Å². The third-order valence-corrected chi connectivity index (χ3v) is 8.62. The van der Waals surface area contributed by atoms with E-state index in [4.69, 9.17) is 21.1 Å². The Bertz CT molecular complexity index is 1450. The number of carbonyl (C=O) groups excluding carboxylic acids is 2. The molecule has 1 heterocycles. The summed E-state index contributed by atoms with van der Waals surface area (Å²) in [7, 11) is -4.19. The fourth-order valence-electron chi connectivity index (χ4n) is 4.46. The van der Waals surface area contributed by atoms with E-state index in [1.807, 2.05) is 0 Å². The highest BCUT2D eigenvalue weighted by Gasteiger charge is 2.34. The average molecular weight is 586 g/mol. The number of anilines is 1. The van der Waals surface area contributed by atoms with E-state index in [0.717, 1.165) is 4.31 Å². The first-order valence-corrected chi connectivity index (χ1v) is 14.9. The van der Waals surface area contributed by atoms with Crippen molar-refractivity contribution in [1.29, 1.82) is 0 Å². The summed E-state index contributed by atoms with van der Waals surface area (Å²) < 4.78 is 40.2. The molecule has 0 aromatic heterocycles. The molecule has 11 heteroatoms. The highest BCUT2D eigenvalue weighted by molar-refractivity contribution is 7.92. The lowest BCUT2D eigenvalue weighted by Crippen LogP contribution is -2.52. The van der Waals surface area contributed by atoms with Gasteiger partial charge in [-0.25, -0.2) is 8.42 Å². The van der Waals surface area contributed by atoms with Crippen LogP contribution in [-0.2, 0) is 26.2 Å². The van der Waals surface area contributed by atoms with Crippen molar-refractivity contribution >= 4 is 39.1 Å². The van der Waals surface area contributed by atoms with Gasteiger partial charge in [0.15, 0.2) is 11.5 Å². The molecule has 0 saturated heterocycles. The SMILES string of the molecule is CCNC(=O)[C@H](CC)N(Cc1ccccc1Cl)C(=O)CN(c1ccc2c(c1)OCCO2)S(=O)(=O)c1ccccc1. The summed E-state index contributed by atoms with van der Waals surface area (Å²) in [4.78, 5) is 28.5. The number of halogens is 1. The Morgan fingerprint density at radius 1 is 0.950 bits per heavy atom. The molecule has 3 aromatic rings. The number of likely N-dealkylation sites (N-methyl/N-ethyl adjacent to an activating group) is 1. The molecule has 1 N–H and O–H groups in total. The number of hydrogen-bond donors (Lipinski definition) is 1. The van der Waals surface area contributed by atoms with Gasteiger partial charge in [0.2, 0.25) is 11.8 Å². The van der Waals surface area contributed by atoms with Crippen molar-refractivity contribution in [3.8, 4) is 11.5 Å². The Kier molecular flexibility index (Phi) is 9.54. The van der Waals surface area contributed by atoms with Gasteiger partial charge in [0, 0.05) is 24.2 Å². The minimum absolute atomic E-state index is 0.0195. The molecule has 4 rings (SSSR count). The van der Waals surface area contributed by atoms with Crippen LogP contribution < -0.4 is 19.1 Å². The maximum Gasteiger partial charge on any atom is 0.264 e. The van der Waals surface area contributed by atoms with E-state index in [2.05, 4.69) is 5.32 Å². The molecule has 0 saturated carbocycles. The number of nitrogens with zero attached hydrogens (tertiary/aromatic N) is 2. The number of carbonyl (C=O) groups is 2. The first-order valence-electron chi connectivity index (χ1n) is 13.0. The van der Waals surface area contributed by atoms with E-state index in [0.29, 0.717) is 48.3 Å². The summed E-state index contributed by atoms with van der Waals surface area (Å²) in [6, 6.07) is 18.8. The van der Waals surface area contributed by atoms with Crippen LogP contribution in [0, 0.1) is 0 Å². The molecule has 3 aromatic carbocycles. The van der Waals surface area contributed by atoms with Gasteiger partial charge in [-0.15, -0.1) is 0 Å². The summed E-state index contributed by atoms with van der Waals surface area (Å²) in [6.45, 7) is 4.14. The second kappa shape index (κ2) is 13.1. The Labute approximate surface area is 239 Å². The van der Waals surface area contributed by atoms with Gasteiger partial charge in [0.25, 0.3) is 10.0 Å². The molecule has 9 nitrogen and oxygen atoms in total. The van der Waals surface area contributed by atoms with Gasteiger partial charge in [-0.1, -0.05) is 54.9 Å². The highest BCUT2D eigenvalue weighted by Crippen LogP contribution is 2.36. The predicted molar refractivity (Wildman–Crippen MR) is 153 cm³/mol. The van der Waals surface area contributed by atoms with Gasteiger partial charge in [0.1, 0.15) is 25.8 Å². The average Bonchev–Trinajstić information content (AvgIpc) is 2.97. The molecule has 40 heavy (non-hydrogen) atoms. The van der Waals surface area contributed by atoms with Crippen molar-refractivity contribution in [2.24, 2.45) is 0 Å². The summed E-state index contributed by atoms with van der Waals surface area (Å²) in [5, 5.41) is 3.22. The normalized spacial score (nSPS) is 13.3. The van der Waals surface area contributed by atoms with E-state index < -0.39 is 28.5 Å². The molecule has 0 fully saturated rings. The van der Waals surface area contributed by atoms with Crippen molar-refractivity contribution in [3.63, 3.8) is 0 Å². The van der Waals surface area contributed by atoms with E-state index in [-0.39, 0.29) is 23.0 Å². The highest BCUT2D eigenvalue weighted by atomic mass is 35.5. The standard InChI is InChI=1S/C29H32ClN3O6S/c1-3-25(29(35)31-4-2)32(19-21-10-8-9-13-24(21)30)28(34)20-33(40(36,37)23-11-6-5-7-12-23)22-14-15-26-27(18-22)39-17-16-38-26/h5-15,18,25H,3-4,16-17,19-20H2,1-2H3,(H,31,35)/t25-/m0/s1. The Morgan fingerprint density at radius 2 is 1.62 bits per heavy atom. The van der Waals surface area contributed by atoms with E-state index in [1.165, 1.54) is 17.0 Å². The zero-order valence-corrected chi connectivity index (χ0v) is 24.0. The molecule has 0 spiro atoms. The van der Waals surface area contributed by atoms with E-state index in [1.54, 1.807) is 74.5 Å². The zero-order valence-electron chi connectivity index (χ0n) is 22.4. The van der Waals surface area contributed by atoms with Crippen LogP contribution in [0.15, 0.2) is 77.7 Å². The fraction of sp³-hybridized carbons (Fsp3) is 0.310. The molecule has 0 bridgehead atoms. The molecule has 1 aliphatic rings. The van der Waals surface area contributed by atoms with Crippen LogP contribution in [0.4, 0.5) is 5.69 Å². The molecule has 2 amide bonds. The molecular formula is C29H32ClN3O6S. The Morgan fingerprint density at radius 3 is 2.30 bits per heavy atom. The lowest BCUT2D eigenvalue weighted by Gasteiger charge is -2.33. The Hall–Kier alpha value is -3.76. The van der Waals surface area contributed by atoms with Gasteiger partial charge >= 0.3 is 0 Å². The maximum absolute atomic E-state index is 14.1. The largest absolute Gasteiger partial charge is 0.486 e. The van der Waals surface area contributed by atoms with E-state index in [9.17, 15) is 18.0 Å². The first kappa shape index (κ1) is 29.2. The van der Waals surface area contributed by atoms with Crippen LogP contribution in [0.1, 0.15) is 25.8 Å². The fourth-order valence-corrected chi connectivity index (χ4v) is 6.08. The third-order valence-electron chi connectivity index (χ3n) is 6.46. The van der Waals surface area contributed by atoms with Crippen LogP contribution in [0.3, 0.4) is 0 Å². The maximum atomic E-state index is 14.1. The minimum atomic E-state index is -4.19. The first-order chi connectivity index (χ1) is 19.3. The monoisotopic (exact) mass is 585 g/mol. The van der Waals surface area contributed by atoms with Crippen molar-refractivity contribution < 1.29 is 27.5 Å². The number of fused-ring (bicyclic) bond motifs is 1. The van der Waals surface area contributed by atoms with E-state index >= 15 is 0 Å². The molecule has 0 radical (unpaired) electrons. The van der Waals surface area contributed by atoms with Crippen LogP contribution in [-0.4, -0.2) is 57.5 Å². The third kappa shape index (κ3) is 6.51. The quantitative estimate of drug-likeness (QED) is 0.361. The molecule has 0 aliphatic carbocycles. The number of benzene rings is 3. The summed E-state index contributed by atoms with van der Waals surface area (Å²) >= 11 is 6.41.